The lowest BCUT2D eigenvalue weighted by Gasteiger charge is -2.24. The molecule has 0 bridgehead atoms. The molecule has 4 aromatic rings. The number of benzene rings is 3. The van der Waals surface area contributed by atoms with E-state index in [0.29, 0.717) is 29.1 Å². The van der Waals surface area contributed by atoms with Crippen molar-refractivity contribution >= 4 is 45.6 Å². The van der Waals surface area contributed by atoms with Crippen LogP contribution in [0.15, 0.2) is 60.7 Å². The Bertz CT molecular complexity index is 1380. The van der Waals surface area contributed by atoms with Crippen molar-refractivity contribution in [3.05, 3.63) is 76.3 Å². The van der Waals surface area contributed by atoms with Gasteiger partial charge >= 0.3 is 0 Å². The smallest absolute Gasteiger partial charge is 0.271 e. The molecule has 1 unspecified atom stereocenters. The van der Waals surface area contributed by atoms with Crippen molar-refractivity contribution in [2.24, 2.45) is 0 Å². The minimum absolute atomic E-state index is 0. The van der Waals surface area contributed by atoms with E-state index in [1.807, 2.05) is 18.2 Å². The van der Waals surface area contributed by atoms with Crippen LogP contribution in [0.2, 0.25) is 0 Å². The monoisotopic (exact) mass is 538 g/mol. The Labute approximate surface area is 229 Å². The van der Waals surface area contributed by atoms with Crippen molar-refractivity contribution in [2.75, 3.05) is 45.7 Å². The van der Waals surface area contributed by atoms with Crippen LogP contribution in [0.4, 0.5) is 11.4 Å². The summed E-state index contributed by atoms with van der Waals surface area (Å²) in [4.78, 5) is 18.2. The predicted octanol–water partition coefficient (Wildman–Crippen LogP) is 6.66. The normalized spacial score (nSPS) is 11.8. The van der Waals surface area contributed by atoms with E-state index in [9.17, 15) is 10.1 Å². The van der Waals surface area contributed by atoms with Crippen LogP contribution in [0.1, 0.15) is 31.7 Å². The number of nitrogens with one attached hydrogen (secondary N) is 1. The number of nitrogens with zero attached hydrogens (tertiary/aromatic N) is 3. The van der Waals surface area contributed by atoms with E-state index in [1.165, 1.54) is 17.7 Å². The maximum Gasteiger partial charge on any atom is 0.271 e. The van der Waals surface area contributed by atoms with E-state index < -0.39 is 4.92 Å². The number of anilines is 1. The SMILES string of the molecule is CCN(CC)CCC(CNc1c2ccc([N+](=O)[O-])cc2nc2cc(OC)c(OC)cc12)c1ccccc1.Cl. The van der Waals surface area contributed by atoms with Gasteiger partial charge in [-0.3, -0.25) is 10.1 Å². The molecule has 0 spiro atoms. The number of nitro benzene ring substituents is 1. The Morgan fingerprint density at radius 2 is 1.61 bits per heavy atom. The van der Waals surface area contributed by atoms with Crippen LogP contribution >= 0.6 is 12.4 Å². The van der Waals surface area contributed by atoms with Gasteiger partial charge in [-0.1, -0.05) is 44.2 Å². The summed E-state index contributed by atoms with van der Waals surface area (Å²) in [5.74, 6) is 1.43. The quantitative estimate of drug-likeness (QED) is 0.122. The van der Waals surface area contributed by atoms with Crippen LogP contribution in [0, 0.1) is 10.1 Å². The minimum atomic E-state index is -0.397. The fraction of sp³-hybridized carbons (Fsp3) is 0.345. The Balaban J connectivity index is 0.00000400. The number of non-ortho nitro benzene ring substituents is 1. The van der Waals surface area contributed by atoms with Gasteiger partial charge in [0, 0.05) is 41.4 Å². The Hall–Kier alpha value is -3.62. The van der Waals surface area contributed by atoms with Crippen LogP contribution in [-0.2, 0) is 0 Å². The molecule has 202 valence electrons. The summed E-state index contributed by atoms with van der Waals surface area (Å²) in [6.07, 6.45) is 1.00. The molecule has 0 aliphatic heterocycles. The molecule has 0 fully saturated rings. The van der Waals surface area contributed by atoms with E-state index in [0.717, 1.165) is 42.5 Å². The van der Waals surface area contributed by atoms with Gasteiger partial charge in [-0.2, -0.15) is 0 Å². The first-order valence-electron chi connectivity index (χ1n) is 12.6. The van der Waals surface area contributed by atoms with Gasteiger partial charge in [0.25, 0.3) is 5.69 Å². The number of ether oxygens (including phenoxy) is 2. The Morgan fingerprint density at radius 1 is 0.947 bits per heavy atom. The molecular weight excluding hydrogens is 504 g/mol. The van der Waals surface area contributed by atoms with Crippen molar-refractivity contribution in [2.45, 2.75) is 26.2 Å². The largest absolute Gasteiger partial charge is 0.493 e. The van der Waals surface area contributed by atoms with Gasteiger partial charge in [-0.15, -0.1) is 12.4 Å². The first kappa shape index (κ1) is 28.9. The third-order valence-corrected chi connectivity index (χ3v) is 6.96. The molecule has 8 nitrogen and oxygen atoms in total. The van der Waals surface area contributed by atoms with Crippen molar-refractivity contribution in [3.63, 3.8) is 0 Å². The topological polar surface area (TPSA) is 89.8 Å². The van der Waals surface area contributed by atoms with Gasteiger partial charge in [0.05, 0.1) is 35.9 Å². The number of halogens is 1. The zero-order chi connectivity index (χ0) is 26.4. The predicted molar refractivity (Wildman–Crippen MR) is 156 cm³/mol. The number of nitro groups is 1. The molecule has 1 aromatic heterocycles. The van der Waals surface area contributed by atoms with Gasteiger partial charge in [-0.05, 0) is 43.8 Å². The summed E-state index contributed by atoms with van der Waals surface area (Å²) in [5, 5.41) is 16.8. The number of fused-ring (bicyclic) bond motifs is 2. The number of hydrogen-bond donors (Lipinski definition) is 1. The summed E-state index contributed by atoms with van der Waals surface area (Å²) in [5.41, 5.74) is 3.38. The molecule has 4 rings (SSSR count). The van der Waals surface area contributed by atoms with Gasteiger partial charge < -0.3 is 19.7 Å². The minimum Gasteiger partial charge on any atom is -0.493 e. The third kappa shape index (κ3) is 6.26. The summed E-state index contributed by atoms with van der Waals surface area (Å²) in [6, 6.07) is 19.1. The molecule has 0 radical (unpaired) electrons. The molecule has 0 amide bonds. The Kier molecular flexibility index (Phi) is 10.1. The summed E-state index contributed by atoms with van der Waals surface area (Å²) in [7, 11) is 3.18. The first-order chi connectivity index (χ1) is 18.0. The van der Waals surface area contributed by atoms with Gasteiger partial charge in [0.2, 0.25) is 0 Å². The third-order valence-electron chi connectivity index (χ3n) is 6.96. The summed E-state index contributed by atoms with van der Waals surface area (Å²) in [6.45, 7) is 8.12. The lowest BCUT2D eigenvalue weighted by atomic mass is 9.95. The standard InChI is InChI=1S/C29H34N4O4.ClH/c1-5-32(6-2)15-14-21(20-10-8-7-9-11-20)19-30-29-23-13-12-22(33(34)35)16-25(23)31-26-18-28(37-4)27(36-3)17-24(26)29;/h7-13,16-18,21H,5-6,14-15,19H2,1-4H3,(H,30,31);1H. The second-order valence-electron chi connectivity index (χ2n) is 8.97. The lowest BCUT2D eigenvalue weighted by Crippen LogP contribution is -2.26. The van der Waals surface area contributed by atoms with E-state index in [4.69, 9.17) is 14.5 Å². The zero-order valence-corrected chi connectivity index (χ0v) is 23.1. The van der Waals surface area contributed by atoms with Crippen molar-refractivity contribution in [1.29, 1.82) is 0 Å². The molecule has 0 saturated heterocycles. The lowest BCUT2D eigenvalue weighted by molar-refractivity contribution is -0.384. The second kappa shape index (κ2) is 13.3. The van der Waals surface area contributed by atoms with Crippen LogP contribution in [0.5, 0.6) is 11.5 Å². The molecule has 0 aliphatic carbocycles. The fourth-order valence-corrected chi connectivity index (χ4v) is 4.78. The molecule has 0 saturated carbocycles. The molecular formula is C29H35ClN4O4. The highest BCUT2D eigenvalue weighted by Gasteiger charge is 2.19. The van der Waals surface area contributed by atoms with E-state index in [2.05, 4.69) is 48.3 Å². The van der Waals surface area contributed by atoms with Gasteiger partial charge in [0.15, 0.2) is 11.5 Å². The van der Waals surface area contributed by atoms with Crippen molar-refractivity contribution < 1.29 is 14.4 Å². The first-order valence-corrected chi connectivity index (χ1v) is 12.6. The Morgan fingerprint density at radius 3 is 2.24 bits per heavy atom. The van der Waals surface area contributed by atoms with Gasteiger partial charge in [0.1, 0.15) is 0 Å². The number of rotatable bonds is 12. The molecule has 1 heterocycles. The molecule has 9 heteroatoms. The van der Waals surface area contributed by atoms with E-state index >= 15 is 0 Å². The molecule has 1 N–H and O–H groups in total. The number of methoxy groups -OCH3 is 2. The molecule has 3 aromatic carbocycles. The highest BCUT2D eigenvalue weighted by atomic mass is 35.5. The summed E-state index contributed by atoms with van der Waals surface area (Å²) < 4.78 is 11.1. The van der Waals surface area contributed by atoms with Crippen molar-refractivity contribution in [3.8, 4) is 11.5 Å². The highest BCUT2D eigenvalue weighted by molar-refractivity contribution is 6.08. The highest BCUT2D eigenvalue weighted by Crippen LogP contribution is 2.39. The maximum atomic E-state index is 11.4. The molecule has 1 atom stereocenters. The average molecular weight is 539 g/mol. The average Bonchev–Trinajstić information content (AvgIpc) is 2.93. The zero-order valence-electron chi connectivity index (χ0n) is 22.3. The second-order valence-corrected chi connectivity index (χ2v) is 8.97. The van der Waals surface area contributed by atoms with Crippen LogP contribution in [-0.4, -0.2) is 55.2 Å². The van der Waals surface area contributed by atoms with Gasteiger partial charge in [-0.25, -0.2) is 4.98 Å². The molecule has 0 aliphatic rings. The fourth-order valence-electron chi connectivity index (χ4n) is 4.78. The van der Waals surface area contributed by atoms with Crippen molar-refractivity contribution in [1.82, 2.24) is 9.88 Å². The maximum absolute atomic E-state index is 11.4. The summed E-state index contributed by atoms with van der Waals surface area (Å²) >= 11 is 0. The van der Waals surface area contributed by atoms with E-state index in [-0.39, 0.29) is 24.0 Å². The number of aromatic nitrogens is 1. The van der Waals surface area contributed by atoms with Crippen LogP contribution < -0.4 is 14.8 Å². The van der Waals surface area contributed by atoms with E-state index in [1.54, 1.807) is 20.3 Å². The van der Waals surface area contributed by atoms with Crippen LogP contribution in [0.25, 0.3) is 21.8 Å². The number of pyridine rings is 1. The number of hydrogen-bond acceptors (Lipinski definition) is 7. The molecule has 38 heavy (non-hydrogen) atoms. The van der Waals surface area contributed by atoms with Crippen LogP contribution in [0.3, 0.4) is 0 Å².